The Hall–Kier alpha value is -3.33. The molecule has 1 aromatic carbocycles. The lowest BCUT2D eigenvalue weighted by Gasteiger charge is -2.22. The number of nitrogens with zero attached hydrogens (tertiary/aromatic N) is 4. The average molecular weight is 481 g/mol. The maximum absolute atomic E-state index is 12.4. The number of imidazole rings is 1. The molecule has 4 rings (SSSR count). The van der Waals surface area contributed by atoms with E-state index in [0.29, 0.717) is 13.0 Å². The van der Waals surface area contributed by atoms with Crippen molar-refractivity contribution in [2.45, 2.75) is 46.1 Å². The Morgan fingerprint density at radius 1 is 1.21 bits per heavy atom. The molecule has 180 valence electrons. The molecule has 0 radical (unpaired) electrons. The van der Waals surface area contributed by atoms with Crippen molar-refractivity contribution < 1.29 is 9.21 Å². The number of rotatable bonds is 9. The number of fused-ring (bicyclic) bond motifs is 1. The summed E-state index contributed by atoms with van der Waals surface area (Å²) in [5, 5.41) is 12.0. The summed E-state index contributed by atoms with van der Waals surface area (Å²) >= 11 is 1.46. The number of benzene rings is 1. The Morgan fingerprint density at radius 2 is 1.97 bits per heavy atom. The van der Waals surface area contributed by atoms with Crippen LogP contribution in [0.3, 0.4) is 0 Å². The second-order valence-corrected chi connectivity index (χ2v) is 10.3. The molecule has 0 atom stereocenters. The molecule has 3 heterocycles. The predicted molar refractivity (Wildman–Crippen MR) is 138 cm³/mol. The van der Waals surface area contributed by atoms with Crippen LogP contribution in [-0.4, -0.2) is 46.2 Å². The number of hydrogen-bond acceptors (Lipinski definition) is 7. The van der Waals surface area contributed by atoms with E-state index in [4.69, 9.17) is 14.5 Å². The first kappa shape index (κ1) is 23.8. The minimum atomic E-state index is -0.169. The van der Waals surface area contributed by atoms with E-state index in [1.165, 1.54) is 16.9 Å². The fourth-order valence-corrected chi connectivity index (χ4v) is 4.44. The zero-order chi connectivity index (χ0) is 24.3. The molecule has 0 bridgehead atoms. The highest BCUT2D eigenvalue weighted by atomic mass is 32.1. The Bertz CT molecular complexity index is 1240. The molecule has 8 nitrogen and oxygen atoms in total. The van der Waals surface area contributed by atoms with E-state index in [-0.39, 0.29) is 18.0 Å². The standard InChI is InChI=1S/C25H32N6O2S/c1-6-17-9-11-18(12-10-17)21-22(28-25(2,3)4)31-23(27-21)34-24(29-31)30(5)16-20(32)26-14-13-19-8-7-15-33-19/h7-12,15,28H,6,13-14,16H2,1-5H3,(H,26,32). The number of nitrogens with one attached hydrogen (secondary N) is 2. The molecular formula is C25H32N6O2S. The Balaban J connectivity index is 1.52. The van der Waals surface area contributed by atoms with E-state index in [2.05, 4.69) is 62.6 Å². The van der Waals surface area contributed by atoms with Crippen LogP contribution >= 0.6 is 11.3 Å². The maximum Gasteiger partial charge on any atom is 0.239 e. The number of anilines is 2. The number of carbonyl (C=O) groups is 1. The monoisotopic (exact) mass is 480 g/mol. The van der Waals surface area contributed by atoms with Gasteiger partial charge in [-0.3, -0.25) is 4.79 Å². The summed E-state index contributed by atoms with van der Waals surface area (Å²) in [5.41, 5.74) is 3.05. The Morgan fingerprint density at radius 3 is 2.62 bits per heavy atom. The number of amides is 1. The van der Waals surface area contributed by atoms with Crippen molar-refractivity contribution in [2.75, 3.05) is 30.4 Å². The number of aromatic nitrogens is 3. The molecule has 0 aliphatic rings. The lowest BCUT2D eigenvalue weighted by atomic mass is 10.1. The van der Waals surface area contributed by atoms with Crippen molar-refractivity contribution in [3.05, 3.63) is 54.0 Å². The van der Waals surface area contributed by atoms with Gasteiger partial charge in [-0.05, 0) is 44.9 Å². The summed E-state index contributed by atoms with van der Waals surface area (Å²) in [6, 6.07) is 12.2. The molecule has 34 heavy (non-hydrogen) atoms. The first-order valence-corrected chi connectivity index (χ1v) is 12.3. The largest absolute Gasteiger partial charge is 0.469 e. The zero-order valence-electron chi connectivity index (χ0n) is 20.4. The maximum atomic E-state index is 12.4. The molecule has 2 N–H and O–H groups in total. The van der Waals surface area contributed by atoms with Gasteiger partial charge in [-0.15, -0.1) is 5.10 Å². The lowest BCUT2D eigenvalue weighted by Crippen LogP contribution is -2.36. The predicted octanol–water partition coefficient (Wildman–Crippen LogP) is 4.62. The summed E-state index contributed by atoms with van der Waals surface area (Å²) < 4.78 is 7.15. The third kappa shape index (κ3) is 5.59. The smallest absolute Gasteiger partial charge is 0.239 e. The molecule has 4 aromatic rings. The lowest BCUT2D eigenvalue weighted by molar-refractivity contribution is -0.119. The quantitative estimate of drug-likeness (QED) is 0.364. The van der Waals surface area contributed by atoms with Gasteiger partial charge in [0, 0.05) is 31.1 Å². The fraction of sp³-hybridized carbons (Fsp3) is 0.400. The van der Waals surface area contributed by atoms with Crippen LogP contribution < -0.4 is 15.5 Å². The van der Waals surface area contributed by atoms with Crippen LogP contribution in [0, 0.1) is 0 Å². The summed E-state index contributed by atoms with van der Waals surface area (Å²) in [7, 11) is 1.87. The molecule has 0 fully saturated rings. The number of hydrogen-bond donors (Lipinski definition) is 2. The van der Waals surface area contributed by atoms with E-state index < -0.39 is 0 Å². The summed E-state index contributed by atoms with van der Waals surface area (Å²) in [5.74, 6) is 1.64. The molecular weight excluding hydrogens is 448 g/mol. The van der Waals surface area contributed by atoms with Gasteiger partial charge < -0.3 is 20.0 Å². The van der Waals surface area contributed by atoms with Crippen molar-refractivity contribution in [1.29, 1.82) is 0 Å². The van der Waals surface area contributed by atoms with Gasteiger partial charge in [0.05, 0.1) is 12.8 Å². The molecule has 0 saturated heterocycles. The van der Waals surface area contributed by atoms with Crippen molar-refractivity contribution in [3.63, 3.8) is 0 Å². The third-order valence-electron chi connectivity index (χ3n) is 5.30. The second kappa shape index (κ2) is 9.89. The average Bonchev–Trinajstić information content (AvgIpc) is 3.51. The van der Waals surface area contributed by atoms with E-state index in [1.54, 1.807) is 6.26 Å². The van der Waals surface area contributed by atoms with Gasteiger partial charge >= 0.3 is 0 Å². The van der Waals surface area contributed by atoms with Crippen molar-refractivity contribution in [2.24, 2.45) is 0 Å². The molecule has 0 aliphatic carbocycles. The third-order valence-corrected chi connectivity index (χ3v) is 6.33. The van der Waals surface area contributed by atoms with Crippen LogP contribution in [0.2, 0.25) is 0 Å². The van der Waals surface area contributed by atoms with Crippen molar-refractivity contribution >= 4 is 33.2 Å². The summed E-state index contributed by atoms with van der Waals surface area (Å²) in [6.07, 6.45) is 3.30. The fourth-order valence-electron chi connectivity index (χ4n) is 3.58. The highest BCUT2D eigenvalue weighted by molar-refractivity contribution is 7.20. The van der Waals surface area contributed by atoms with Crippen molar-refractivity contribution in [1.82, 2.24) is 19.9 Å². The molecule has 3 aromatic heterocycles. The molecule has 0 aliphatic heterocycles. The van der Waals surface area contributed by atoms with Gasteiger partial charge in [0.25, 0.3) is 0 Å². The molecule has 0 saturated carbocycles. The number of carbonyl (C=O) groups excluding carboxylic acids is 1. The van der Waals surface area contributed by atoms with Gasteiger partial charge in [0.2, 0.25) is 16.0 Å². The van der Waals surface area contributed by atoms with E-state index in [1.807, 2.05) is 28.6 Å². The highest BCUT2D eigenvalue weighted by Gasteiger charge is 2.23. The van der Waals surface area contributed by atoms with Crippen LogP contribution in [0.15, 0.2) is 47.1 Å². The van der Waals surface area contributed by atoms with Gasteiger partial charge in [-0.25, -0.2) is 4.98 Å². The number of likely N-dealkylation sites (N-methyl/N-ethyl adjacent to an activating group) is 1. The van der Waals surface area contributed by atoms with Gasteiger partial charge in [-0.1, -0.05) is 42.5 Å². The zero-order valence-corrected chi connectivity index (χ0v) is 21.2. The number of aryl methyl sites for hydroxylation is 1. The van der Waals surface area contributed by atoms with Crippen LogP contribution in [0.1, 0.15) is 39.0 Å². The van der Waals surface area contributed by atoms with E-state index >= 15 is 0 Å². The molecule has 9 heteroatoms. The minimum absolute atomic E-state index is 0.0633. The first-order chi connectivity index (χ1) is 16.2. The minimum Gasteiger partial charge on any atom is -0.469 e. The normalized spacial score (nSPS) is 11.7. The van der Waals surface area contributed by atoms with Crippen molar-refractivity contribution in [3.8, 4) is 11.3 Å². The molecule has 0 spiro atoms. The van der Waals surface area contributed by atoms with E-state index in [9.17, 15) is 4.79 Å². The van der Waals surface area contributed by atoms with Crippen LogP contribution in [0.4, 0.5) is 10.9 Å². The van der Waals surface area contributed by atoms with Crippen LogP contribution in [-0.2, 0) is 17.6 Å². The second-order valence-electron chi connectivity index (χ2n) is 9.35. The topological polar surface area (TPSA) is 87.7 Å². The summed E-state index contributed by atoms with van der Waals surface area (Å²) in [6.45, 7) is 9.23. The first-order valence-electron chi connectivity index (χ1n) is 11.5. The van der Waals surface area contributed by atoms with Crippen LogP contribution in [0.25, 0.3) is 16.2 Å². The van der Waals surface area contributed by atoms with Crippen LogP contribution in [0.5, 0.6) is 0 Å². The van der Waals surface area contributed by atoms with E-state index in [0.717, 1.165) is 39.3 Å². The Kier molecular flexibility index (Phi) is 6.92. The molecule has 0 unspecified atom stereocenters. The van der Waals surface area contributed by atoms with Gasteiger partial charge in [-0.2, -0.15) is 4.52 Å². The summed E-state index contributed by atoms with van der Waals surface area (Å²) in [4.78, 5) is 19.9. The Labute approximate surface area is 204 Å². The SMILES string of the molecule is CCc1ccc(-c2nc3sc(N(C)CC(=O)NCCc4ccco4)nn3c2NC(C)(C)C)cc1. The van der Waals surface area contributed by atoms with Gasteiger partial charge in [0.15, 0.2) is 5.82 Å². The van der Waals surface area contributed by atoms with Gasteiger partial charge in [0.1, 0.15) is 11.5 Å². The molecule has 1 amide bonds. The number of furan rings is 1. The highest BCUT2D eigenvalue weighted by Crippen LogP contribution is 2.34.